The van der Waals surface area contributed by atoms with Crippen LogP contribution in [0.2, 0.25) is 0 Å². The molecular weight excluding hydrogens is 378 g/mol. The summed E-state index contributed by atoms with van der Waals surface area (Å²) in [6, 6.07) is 15.1. The molecule has 1 heterocycles. The Bertz CT molecular complexity index is 1170. The molecule has 2 aromatic carbocycles. The lowest BCUT2D eigenvalue weighted by Gasteiger charge is -2.11. The molecule has 1 aromatic heterocycles. The van der Waals surface area contributed by atoms with Crippen LogP contribution in [0.4, 0.5) is 0 Å². The van der Waals surface area contributed by atoms with Gasteiger partial charge >= 0.3 is 0 Å². The zero-order valence-electron chi connectivity index (χ0n) is 15.6. The first-order chi connectivity index (χ1) is 13.3. The summed E-state index contributed by atoms with van der Waals surface area (Å²) in [5.74, 6) is -0.328. The van der Waals surface area contributed by atoms with E-state index in [1.54, 1.807) is 0 Å². The molecule has 3 aromatic rings. The second-order valence-electron chi connectivity index (χ2n) is 6.53. The van der Waals surface area contributed by atoms with Crippen LogP contribution < -0.4 is 10.9 Å². The van der Waals surface area contributed by atoms with Crippen LogP contribution in [-0.4, -0.2) is 44.3 Å². The normalized spacial score (nSPS) is 11.7. The van der Waals surface area contributed by atoms with Crippen molar-refractivity contribution >= 4 is 26.8 Å². The SMILES string of the molecule is CN(C)S(=O)(=O)c1ccc(C(=O)NCCc2cc3ccccc3[nH]c2=O)cc1. The average molecular weight is 399 g/mol. The van der Waals surface area contributed by atoms with Crippen molar-refractivity contribution in [1.82, 2.24) is 14.6 Å². The molecule has 0 aliphatic rings. The van der Waals surface area contributed by atoms with Gasteiger partial charge in [0.2, 0.25) is 10.0 Å². The van der Waals surface area contributed by atoms with Gasteiger partial charge in [-0.3, -0.25) is 9.59 Å². The maximum atomic E-state index is 12.3. The van der Waals surface area contributed by atoms with Gasteiger partial charge in [-0.05, 0) is 48.2 Å². The van der Waals surface area contributed by atoms with Crippen LogP contribution in [0.5, 0.6) is 0 Å². The summed E-state index contributed by atoms with van der Waals surface area (Å²) >= 11 is 0. The Labute approximate surface area is 163 Å². The number of fused-ring (bicyclic) bond motifs is 1. The number of sulfonamides is 1. The Morgan fingerprint density at radius 1 is 1.07 bits per heavy atom. The number of H-pyrrole nitrogens is 1. The standard InChI is InChI=1S/C20H21N3O4S/c1-23(2)28(26,27)17-9-7-14(8-10-17)19(24)21-12-11-16-13-15-5-3-4-6-18(15)22-20(16)25/h3-10,13H,11-12H2,1-2H3,(H,21,24)(H,22,25). The van der Waals surface area contributed by atoms with Crippen molar-refractivity contribution in [3.63, 3.8) is 0 Å². The van der Waals surface area contributed by atoms with Crippen molar-refractivity contribution in [1.29, 1.82) is 0 Å². The Balaban J connectivity index is 1.65. The number of nitrogens with one attached hydrogen (secondary N) is 2. The van der Waals surface area contributed by atoms with Crippen molar-refractivity contribution in [3.8, 4) is 0 Å². The molecule has 2 N–H and O–H groups in total. The highest BCUT2D eigenvalue weighted by molar-refractivity contribution is 7.89. The molecule has 0 spiro atoms. The summed E-state index contributed by atoms with van der Waals surface area (Å²) in [6.07, 6.45) is 0.388. The largest absolute Gasteiger partial charge is 0.352 e. The van der Waals surface area contributed by atoms with Crippen LogP contribution in [0.1, 0.15) is 15.9 Å². The van der Waals surface area contributed by atoms with E-state index in [4.69, 9.17) is 0 Å². The molecule has 0 saturated heterocycles. The lowest BCUT2D eigenvalue weighted by atomic mass is 10.1. The fourth-order valence-corrected chi connectivity index (χ4v) is 3.68. The Morgan fingerprint density at radius 3 is 2.43 bits per heavy atom. The first-order valence-corrected chi connectivity index (χ1v) is 10.1. The highest BCUT2D eigenvalue weighted by atomic mass is 32.2. The zero-order valence-corrected chi connectivity index (χ0v) is 16.4. The van der Waals surface area contributed by atoms with Gasteiger partial charge in [-0.1, -0.05) is 18.2 Å². The molecular formula is C20H21N3O4S. The quantitative estimate of drug-likeness (QED) is 0.660. The number of hydrogen-bond donors (Lipinski definition) is 2. The van der Waals surface area contributed by atoms with Gasteiger partial charge in [-0.2, -0.15) is 0 Å². The minimum absolute atomic E-state index is 0.122. The van der Waals surface area contributed by atoms with E-state index in [2.05, 4.69) is 10.3 Å². The molecule has 0 aliphatic carbocycles. The number of rotatable bonds is 6. The molecule has 7 nitrogen and oxygen atoms in total. The number of para-hydroxylation sites is 1. The second-order valence-corrected chi connectivity index (χ2v) is 8.68. The topological polar surface area (TPSA) is 99.3 Å². The van der Waals surface area contributed by atoms with Crippen molar-refractivity contribution in [2.45, 2.75) is 11.3 Å². The summed E-state index contributed by atoms with van der Waals surface area (Å²) < 4.78 is 25.2. The molecule has 0 radical (unpaired) electrons. The molecule has 8 heteroatoms. The third kappa shape index (κ3) is 4.13. The van der Waals surface area contributed by atoms with Gasteiger partial charge in [0.1, 0.15) is 0 Å². The first kappa shape index (κ1) is 19.8. The number of nitrogens with zero attached hydrogens (tertiary/aromatic N) is 1. The number of carbonyl (C=O) groups excluding carboxylic acids is 1. The van der Waals surface area contributed by atoms with E-state index in [-0.39, 0.29) is 22.9 Å². The molecule has 0 bridgehead atoms. The third-order valence-electron chi connectivity index (χ3n) is 4.41. The van der Waals surface area contributed by atoms with Gasteiger partial charge in [0.25, 0.3) is 11.5 Å². The molecule has 0 aliphatic heterocycles. The van der Waals surface area contributed by atoms with E-state index in [9.17, 15) is 18.0 Å². The van der Waals surface area contributed by atoms with Crippen LogP contribution >= 0.6 is 0 Å². The smallest absolute Gasteiger partial charge is 0.251 e. The Hall–Kier alpha value is -2.97. The minimum atomic E-state index is -3.53. The van der Waals surface area contributed by atoms with Crippen molar-refractivity contribution < 1.29 is 13.2 Å². The molecule has 28 heavy (non-hydrogen) atoms. The van der Waals surface area contributed by atoms with Crippen LogP contribution in [-0.2, 0) is 16.4 Å². The van der Waals surface area contributed by atoms with Gasteiger partial charge < -0.3 is 10.3 Å². The monoisotopic (exact) mass is 399 g/mol. The van der Waals surface area contributed by atoms with Crippen LogP contribution in [0.3, 0.4) is 0 Å². The van der Waals surface area contributed by atoms with E-state index < -0.39 is 10.0 Å². The zero-order chi connectivity index (χ0) is 20.3. The molecule has 0 fully saturated rings. The summed E-state index contributed by atoms with van der Waals surface area (Å²) in [5.41, 5.74) is 1.54. The van der Waals surface area contributed by atoms with Gasteiger partial charge in [-0.25, -0.2) is 12.7 Å². The van der Waals surface area contributed by atoms with Gasteiger partial charge in [0, 0.05) is 37.3 Å². The van der Waals surface area contributed by atoms with E-state index in [1.807, 2.05) is 30.3 Å². The van der Waals surface area contributed by atoms with Crippen molar-refractivity contribution in [2.24, 2.45) is 0 Å². The maximum absolute atomic E-state index is 12.3. The summed E-state index contributed by atoms with van der Waals surface area (Å²) in [6.45, 7) is 0.290. The fraction of sp³-hybridized carbons (Fsp3) is 0.200. The number of carbonyl (C=O) groups is 1. The first-order valence-electron chi connectivity index (χ1n) is 8.71. The number of aromatic amines is 1. The molecule has 146 valence electrons. The number of aromatic nitrogens is 1. The predicted octanol–water partition coefficient (Wildman–Crippen LogP) is 1.75. The van der Waals surface area contributed by atoms with Crippen molar-refractivity contribution in [2.75, 3.05) is 20.6 Å². The van der Waals surface area contributed by atoms with Gasteiger partial charge in [-0.15, -0.1) is 0 Å². The Kier molecular flexibility index (Phi) is 5.62. The summed E-state index contributed by atoms with van der Waals surface area (Å²) in [4.78, 5) is 27.4. The fourth-order valence-electron chi connectivity index (χ4n) is 2.78. The van der Waals surface area contributed by atoms with E-state index in [0.29, 0.717) is 17.5 Å². The molecule has 1 amide bonds. The summed E-state index contributed by atoms with van der Waals surface area (Å²) in [7, 11) is -0.634. The second kappa shape index (κ2) is 7.95. The van der Waals surface area contributed by atoms with Crippen LogP contribution in [0, 0.1) is 0 Å². The predicted molar refractivity (Wildman–Crippen MR) is 108 cm³/mol. The van der Waals surface area contributed by atoms with Crippen LogP contribution in [0.15, 0.2) is 64.3 Å². The molecule has 3 rings (SSSR count). The molecule has 0 atom stereocenters. The average Bonchev–Trinajstić information content (AvgIpc) is 2.68. The Morgan fingerprint density at radius 2 is 1.75 bits per heavy atom. The number of pyridine rings is 1. The van der Waals surface area contributed by atoms with Crippen LogP contribution in [0.25, 0.3) is 10.9 Å². The molecule has 0 saturated carbocycles. The van der Waals surface area contributed by atoms with E-state index >= 15 is 0 Å². The van der Waals surface area contributed by atoms with E-state index in [0.717, 1.165) is 15.2 Å². The number of amides is 1. The maximum Gasteiger partial charge on any atom is 0.251 e. The van der Waals surface area contributed by atoms with Crippen molar-refractivity contribution in [3.05, 3.63) is 76.1 Å². The lowest BCUT2D eigenvalue weighted by molar-refractivity contribution is 0.0954. The van der Waals surface area contributed by atoms with Gasteiger partial charge in [0.05, 0.1) is 4.90 Å². The highest BCUT2D eigenvalue weighted by Gasteiger charge is 2.17. The molecule has 0 unspecified atom stereocenters. The summed E-state index contributed by atoms with van der Waals surface area (Å²) in [5, 5.41) is 3.68. The van der Waals surface area contributed by atoms with Gasteiger partial charge in [0.15, 0.2) is 0 Å². The van der Waals surface area contributed by atoms with E-state index in [1.165, 1.54) is 38.4 Å². The third-order valence-corrected chi connectivity index (χ3v) is 6.23. The highest BCUT2D eigenvalue weighted by Crippen LogP contribution is 2.14. The minimum Gasteiger partial charge on any atom is -0.352 e. The number of benzene rings is 2. The lowest BCUT2D eigenvalue weighted by Crippen LogP contribution is -2.27. The number of hydrogen-bond acceptors (Lipinski definition) is 4.